The first kappa shape index (κ1) is 21.9. The Morgan fingerprint density at radius 3 is 2.88 bits per heavy atom. The van der Waals surface area contributed by atoms with Crippen molar-refractivity contribution in [2.45, 2.75) is 38.1 Å². The van der Waals surface area contributed by atoms with Crippen LogP contribution in [0.5, 0.6) is 5.75 Å². The van der Waals surface area contributed by atoms with Gasteiger partial charge in [0.1, 0.15) is 11.6 Å². The first-order valence-electron chi connectivity index (χ1n) is 11.8. The lowest BCUT2D eigenvalue weighted by atomic mass is 10.0. The second-order valence-electron chi connectivity index (χ2n) is 8.63. The first-order chi connectivity index (χ1) is 16.7. The van der Waals surface area contributed by atoms with Crippen molar-refractivity contribution < 1.29 is 14.6 Å². The molecule has 0 amide bonds. The molecule has 0 radical (unpaired) electrons. The standard InChI is InChI=1S/C27H28N4O3/c32-26(33)17-25(19-6-2-1-3-7-19)31-24-13-12-23(16-21(24)18-29-31)34-15-5-9-22-11-10-20-8-4-14-28-27(20)30-22/h1-3,6-7,10-13,16,18,25H,4-5,8-9,14-15,17H2,(H,28,30)(H,32,33). The van der Waals surface area contributed by atoms with Gasteiger partial charge in [0.25, 0.3) is 0 Å². The summed E-state index contributed by atoms with van der Waals surface area (Å²) in [6.45, 7) is 1.59. The number of hydrogen-bond donors (Lipinski definition) is 2. The van der Waals surface area contributed by atoms with Crippen LogP contribution >= 0.6 is 0 Å². The van der Waals surface area contributed by atoms with Gasteiger partial charge >= 0.3 is 5.97 Å². The zero-order chi connectivity index (χ0) is 23.3. The topological polar surface area (TPSA) is 89.3 Å². The lowest BCUT2D eigenvalue weighted by molar-refractivity contribution is -0.137. The highest BCUT2D eigenvalue weighted by Crippen LogP contribution is 2.28. The van der Waals surface area contributed by atoms with Gasteiger partial charge in [0.2, 0.25) is 0 Å². The summed E-state index contributed by atoms with van der Waals surface area (Å²) in [7, 11) is 0. The highest BCUT2D eigenvalue weighted by atomic mass is 16.5. The molecule has 1 aliphatic heterocycles. The van der Waals surface area contributed by atoms with Crippen LogP contribution in [0, 0.1) is 0 Å². The Hall–Kier alpha value is -3.87. The minimum atomic E-state index is -0.860. The molecule has 1 aliphatic rings. The zero-order valence-electron chi connectivity index (χ0n) is 19.0. The Morgan fingerprint density at radius 2 is 2.03 bits per heavy atom. The number of hydrogen-bond acceptors (Lipinski definition) is 5. The number of benzene rings is 2. The summed E-state index contributed by atoms with van der Waals surface area (Å²) in [6.07, 6.45) is 5.73. The largest absolute Gasteiger partial charge is 0.494 e. The van der Waals surface area contributed by atoms with E-state index in [1.165, 1.54) is 5.56 Å². The summed E-state index contributed by atoms with van der Waals surface area (Å²) < 4.78 is 7.78. The van der Waals surface area contributed by atoms with Crippen LogP contribution in [0.3, 0.4) is 0 Å². The van der Waals surface area contributed by atoms with Gasteiger partial charge in [-0.15, -0.1) is 0 Å². The molecular weight excluding hydrogens is 428 g/mol. The molecule has 2 aromatic carbocycles. The van der Waals surface area contributed by atoms with E-state index in [0.29, 0.717) is 6.61 Å². The smallest absolute Gasteiger partial charge is 0.305 e. The fraction of sp³-hybridized carbons (Fsp3) is 0.296. The molecule has 3 heterocycles. The van der Waals surface area contributed by atoms with Crippen LogP contribution in [0.4, 0.5) is 5.82 Å². The normalized spacial score (nSPS) is 13.8. The monoisotopic (exact) mass is 456 g/mol. The Labute approximate surface area is 198 Å². The Kier molecular flexibility index (Phi) is 6.42. The summed E-state index contributed by atoms with van der Waals surface area (Å²) in [6, 6.07) is 19.4. The van der Waals surface area contributed by atoms with E-state index in [1.807, 2.05) is 48.5 Å². The number of nitrogens with zero attached hydrogens (tertiary/aromatic N) is 3. The number of nitrogens with one attached hydrogen (secondary N) is 1. The van der Waals surface area contributed by atoms with Gasteiger partial charge in [0, 0.05) is 17.6 Å². The van der Waals surface area contributed by atoms with Crippen molar-refractivity contribution >= 4 is 22.7 Å². The predicted octanol–water partition coefficient (Wildman–Crippen LogP) is 4.87. The minimum Gasteiger partial charge on any atom is -0.494 e. The molecule has 7 nitrogen and oxygen atoms in total. The van der Waals surface area contributed by atoms with Crippen molar-refractivity contribution in [3.8, 4) is 5.75 Å². The van der Waals surface area contributed by atoms with Crippen LogP contribution in [0.25, 0.3) is 10.9 Å². The SMILES string of the molecule is O=C(O)CC(c1ccccc1)n1ncc2cc(OCCCc3ccc4c(n3)NCCC4)ccc21. The van der Waals surface area contributed by atoms with Crippen LogP contribution in [0.2, 0.25) is 0 Å². The zero-order valence-corrected chi connectivity index (χ0v) is 19.0. The fourth-order valence-corrected chi connectivity index (χ4v) is 4.51. The summed E-state index contributed by atoms with van der Waals surface area (Å²) in [5.41, 5.74) is 4.19. The van der Waals surface area contributed by atoms with Gasteiger partial charge in [-0.05, 0) is 61.1 Å². The first-order valence-corrected chi connectivity index (χ1v) is 11.8. The molecular formula is C27H28N4O3. The number of aliphatic carboxylic acids is 1. The minimum absolute atomic E-state index is 0.0364. The van der Waals surface area contributed by atoms with E-state index < -0.39 is 5.97 Å². The second kappa shape index (κ2) is 9.95. The van der Waals surface area contributed by atoms with E-state index in [1.54, 1.807) is 10.9 Å². The number of rotatable bonds is 9. The Balaban J connectivity index is 1.24. The molecule has 0 saturated heterocycles. The Bertz CT molecular complexity index is 1290. The quantitative estimate of drug-likeness (QED) is 0.350. The maximum absolute atomic E-state index is 11.5. The van der Waals surface area contributed by atoms with Gasteiger partial charge in [-0.1, -0.05) is 36.4 Å². The molecule has 7 heteroatoms. The summed E-state index contributed by atoms with van der Waals surface area (Å²) in [5, 5.41) is 18.3. The third kappa shape index (κ3) is 4.88. The van der Waals surface area contributed by atoms with Crippen molar-refractivity contribution in [1.82, 2.24) is 14.8 Å². The number of aromatic nitrogens is 3. The number of ether oxygens (including phenoxy) is 1. The van der Waals surface area contributed by atoms with E-state index in [-0.39, 0.29) is 12.5 Å². The van der Waals surface area contributed by atoms with E-state index in [9.17, 15) is 9.90 Å². The summed E-state index contributed by atoms with van der Waals surface area (Å²) in [4.78, 5) is 16.3. The average Bonchev–Trinajstić information content (AvgIpc) is 3.28. The van der Waals surface area contributed by atoms with Gasteiger partial charge in [-0.3, -0.25) is 9.48 Å². The highest BCUT2D eigenvalue weighted by Gasteiger charge is 2.20. The van der Waals surface area contributed by atoms with Crippen molar-refractivity contribution in [2.75, 3.05) is 18.5 Å². The average molecular weight is 457 g/mol. The molecule has 0 bridgehead atoms. The predicted molar refractivity (Wildman–Crippen MR) is 131 cm³/mol. The lowest BCUT2D eigenvalue weighted by Crippen LogP contribution is -2.16. The van der Waals surface area contributed by atoms with Crippen molar-refractivity contribution in [3.63, 3.8) is 0 Å². The number of pyridine rings is 1. The van der Waals surface area contributed by atoms with E-state index in [2.05, 4.69) is 22.5 Å². The molecule has 2 N–H and O–H groups in total. The maximum atomic E-state index is 11.5. The van der Waals surface area contributed by atoms with Crippen LogP contribution in [-0.4, -0.2) is 39.0 Å². The number of carboxylic acid groups (broad SMARTS) is 1. The van der Waals surface area contributed by atoms with Gasteiger partial charge in [-0.2, -0.15) is 5.10 Å². The molecule has 174 valence electrons. The molecule has 0 spiro atoms. The van der Waals surface area contributed by atoms with Gasteiger partial charge in [0.05, 0.1) is 30.8 Å². The number of carboxylic acids is 1. The van der Waals surface area contributed by atoms with Crippen LogP contribution in [-0.2, 0) is 17.6 Å². The second-order valence-corrected chi connectivity index (χ2v) is 8.63. The van der Waals surface area contributed by atoms with Gasteiger partial charge < -0.3 is 15.2 Å². The molecule has 1 atom stereocenters. The van der Waals surface area contributed by atoms with Crippen LogP contribution < -0.4 is 10.1 Å². The molecule has 4 aromatic rings. The maximum Gasteiger partial charge on any atom is 0.305 e. The van der Waals surface area contributed by atoms with E-state index >= 15 is 0 Å². The van der Waals surface area contributed by atoms with Crippen LogP contribution in [0.15, 0.2) is 66.9 Å². The molecule has 0 fully saturated rings. The molecule has 0 saturated carbocycles. The van der Waals surface area contributed by atoms with Gasteiger partial charge in [-0.25, -0.2) is 4.98 Å². The number of aryl methyl sites for hydroxylation is 2. The van der Waals surface area contributed by atoms with Crippen LogP contribution in [0.1, 0.15) is 42.1 Å². The lowest BCUT2D eigenvalue weighted by Gasteiger charge is -2.17. The Morgan fingerprint density at radius 1 is 1.15 bits per heavy atom. The number of fused-ring (bicyclic) bond motifs is 2. The summed E-state index contributed by atoms with van der Waals surface area (Å²) >= 11 is 0. The molecule has 1 unspecified atom stereocenters. The van der Waals surface area contributed by atoms with E-state index in [0.717, 1.165) is 66.0 Å². The van der Waals surface area contributed by atoms with Crippen molar-refractivity contribution in [1.29, 1.82) is 0 Å². The van der Waals surface area contributed by atoms with Gasteiger partial charge in [0.15, 0.2) is 0 Å². The third-order valence-corrected chi connectivity index (χ3v) is 6.21. The number of carbonyl (C=O) groups is 1. The summed E-state index contributed by atoms with van der Waals surface area (Å²) in [5.74, 6) is 0.951. The molecule has 5 rings (SSSR count). The third-order valence-electron chi connectivity index (χ3n) is 6.21. The van der Waals surface area contributed by atoms with E-state index in [4.69, 9.17) is 9.72 Å². The van der Waals surface area contributed by atoms with Crippen molar-refractivity contribution in [2.24, 2.45) is 0 Å². The number of anilines is 1. The molecule has 0 aliphatic carbocycles. The highest BCUT2D eigenvalue weighted by molar-refractivity contribution is 5.81. The molecule has 2 aromatic heterocycles. The van der Waals surface area contributed by atoms with Crippen molar-refractivity contribution in [3.05, 3.63) is 83.7 Å². The molecule has 34 heavy (non-hydrogen) atoms. The fourth-order valence-electron chi connectivity index (χ4n) is 4.51.